The highest BCUT2D eigenvalue weighted by atomic mass is 16.5. The maximum atomic E-state index is 12.8. The number of pyridine rings is 2. The van der Waals surface area contributed by atoms with Crippen molar-refractivity contribution in [3.8, 4) is 5.75 Å². The van der Waals surface area contributed by atoms with Gasteiger partial charge in [0.25, 0.3) is 0 Å². The third-order valence-corrected chi connectivity index (χ3v) is 6.37. The second-order valence-electron chi connectivity index (χ2n) is 8.29. The van der Waals surface area contributed by atoms with E-state index in [4.69, 9.17) is 4.74 Å². The van der Waals surface area contributed by atoms with Gasteiger partial charge in [0.1, 0.15) is 17.4 Å². The number of hydrogen-bond donors (Lipinski definition) is 1. The van der Waals surface area contributed by atoms with Crippen LogP contribution in [0.5, 0.6) is 5.75 Å². The minimum atomic E-state index is 0.117. The van der Waals surface area contributed by atoms with Crippen LogP contribution >= 0.6 is 0 Å². The van der Waals surface area contributed by atoms with Gasteiger partial charge in [-0.1, -0.05) is 11.3 Å². The number of aromatic nitrogens is 5. The molecular formula is C22H26N8O2. The van der Waals surface area contributed by atoms with Gasteiger partial charge in [0.2, 0.25) is 0 Å². The Labute approximate surface area is 186 Å². The highest BCUT2D eigenvalue weighted by Gasteiger charge is 2.37. The van der Waals surface area contributed by atoms with Crippen LogP contribution in [-0.4, -0.2) is 81.5 Å². The number of aromatic amines is 1. The first-order valence-electron chi connectivity index (χ1n) is 10.7. The second kappa shape index (κ2) is 8.45. The summed E-state index contributed by atoms with van der Waals surface area (Å²) in [7, 11) is 3.56. The van der Waals surface area contributed by atoms with Gasteiger partial charge in [0.05, 0.1) is 25.2 Å². The third-order valence-electron chi connectivity index (χ3n) is 6.37. The number of nitrogens with one attached hydrogen (secondary N) is 1. The molecule has 5 heterocycles. The summed E-state index contributed by atoms with van der Waals surface area (Å²) in [5, 5.41) is 10.5. The molecule has 2 saturated heterocycles. The largest absolute Gasteiger partial charge is 0.495 e. The number of carbonyl (C=O) groups is 1. The van der Waals surface area contributed by atoms with Crippen LogP contribution in [0.25, 0.3) is 0 Å². The molecule has 10 nitrogen and oxygen atoms in total. The van der Waals surface area contributed by atoms with Gasteiger partial charge in [0.15, 0.2) is 0 Å². The molecule has 2 aliphatic heterocycles. The lowest BCUT2D eigenvalue weighted by atomic mass is 9.93. The van der Waals surface area contributed by atoms with Crippen molar-refractivity contribution in [1.29, 1.82) is 0 Å². The van der Waals surface area contributed by atoms with Crippen LogP contribution in [0.4, 0.5) is 16.4 Å². The van der Waals surface area contributed by atoms with Crippen LogP contribution in [-0.2, 0) is 0 Å². The molecule has 32 heavy (non-hydrogen) atoms. The van der Waals surface area contributed by atoms with E-state index in [0.717, 1.165) is 54.7 Å². The Balaban J connectivity index is 1.15. The summed E-state index contributed by atoms with van der Waals surface area (Å²) < 4.78 is 5.16. The predicted molar refractivity (Wildman–Crippen MR) is 118 cm³/mol. The van der Waals surface area contributed by atoms with Gasteiger partial charge in [-0.3, -0.25) is 5.10 Å². The summed E-state index contributed by atoms with van der Waals surface area (Å²) in [5.41, 5.74) is 2.15. The highest BCUT2D eigenvalue weighted by Crippen LogP contribution is 2.32. The maximum absolute atomic E-state index is 12.8. The Morgan fingerprint density at radius 3 is 2.41 bits per heavy atom. The van der Waals surface area contributed by atoms with E-state index in [2.05, 4.69) is 31.4 Å². The van der Waals surface area contributed by atoms with Gasteiger partial charge >= 0.3 is 6.03 Å². The molecule has 1 atom stereocenters. The van der Waals surface area contributed by atoms with Crippen molar-refractivity contribution in [2.45, 2.75) is 18.3 Å². The van der Waals surface area contributed by atoms with E-state index >= 15 is 0 Å². The molecule has 2 amide bonds. The van der Waals surface area contributed by atoms with Crippen LogP contribution in [0.3, 0.4) is 0 Å². The third kappa shape index (κ3) is 3.83. The molecule has 166 valence electrons. The van der Waals surface area contributed by atoms with E-state index in [1.165, 1.54) is 0 Å². The lowest BCUT2D eigenvalue weighted by Crippen LogP contribution is -2.53. The number of methoxy groups -OCH3 is 1. The van der Waals surface area contributed by atoms with Crippen molar-refractivity contribution < 1.29 is 9.53 Å². The molecule has 0 saturated carbocycles. The minimum Gasteiger partial charge on any atom is -0.495 e. The summed E-state index contributed by atoms with van der Waals surface area (Å²) in [6.07, 6.45) is 6.28. The van der Waals surface area contributed by atoms with Crippen LogP contribution in [0.2, 0.25) is 0 Å². The summed E-state index contributed by atoms with van der Waals surface area (Å²) in [6, 6.07) is 7.98. The quantitative estimate of drug-likeness (QED) is 0.658. The fourth-order valence-electron chi connectivity index (χ4n) is 4.28. The number of urea groups is 1. The number of nitrogens with zero attached hydrogens (tertiary/aromatic N) is 7. The molecule has 1 N–H and O–H groups in total. The summed E-state index contributed by atoms with van der Waals surface area (Å²) >= 11 is 0. The van der Waals surface area contributed by atoms with Gasteiger partial charge in [0, 0.05) is 51.3 Å². The zero-order valence-electron chi connectivity index (χ0n) is 18.2. The van der Waals surface area contributed by atoms with Crippen LogP contribution in [0.15, 0.2) is 42.9 Å². The van der Waals surface area contributed by atoms with Crippen molar-refractivity contribution in [1.82, 2.24) is 35.2 Å². The number of amides is 2. The number of anilines is 2. The fourth-order valence-corrected chi connectivity index (χ4v) is 4.28. The SMILES string of the molecule is COc1ccc(N(C)c2ccc(C3CN(C(=O)N4CC[C@H](c5cnn[nH]5)C4)C3)cn2)nc1. The average molecular weight is 435 g/mol. The van der Waals surface area contributed by atoms with E-state index in [-0.39, 0.29) is 6.03 Å². The Morgan fingerprint density at radius 2 is 1.78 bits per heavy atom. The highest BCUT2D eigenvalue weighted by molar-refractivity contribution is 5.76. The standard InChI is InChI=1S/C22H26N8O2/c1-28(21-6-4-18(32-2)10-24-21)20-5-3-15(9-23-20)17-13-30(14-17)22(31)29-8-7-16(12-29)19-11-25-27-26-19/h3-6,9-11,16-17H,7-8,12-14H2,1-2H3,(H,25,26,27)/t16-/m0/s1. The lowest BCUT2D eigenvalue weighted by molar-refractivity contribution is 0.121. The molecule has 2 aliphatic rings. The molecule has 0 aromatic carbocycles. The number of carbonyl (C=O) groups excluding carboxylic acids is 1. The molecule has 5 rings (SSSR count). The number of ether oxygens (including phenoxy) is 1. The first-order chi connectivity index (χ1) is 15.6. The minimum absolute atomic E-state index is 0.117. The first kappa shape index (κ1) is 20.2. The molecule has 10 heteroatoms. The topological polar surface area (TPSA) is 103 Å². The zero-order chi connectivity index (χ0) is 22.1. The van der Waals surface area contributed by atoms with Crippen LogP contribution < -0.4 is 9.64 Å². The number of H-pyrrole nitrogens is 1. The Bertz CT molecular complexity index is 1050. The molecule has 3 aromatic heterocycles. The lowest BCUT2D eigenvalue weighted by Gasteiger charge is -2.41. The molecular weight excluding hydrogens is 408 g/mol. The van der Waals surface area contributed by atoms with E-state index in [9.17, 15) is 4.79 Å². The number of hydrogen-bond acceptors (Lipinski definition) is 7. The van der Waals surface area contributed by atoms with Crippen molar-refractivity contribution in [2.24, 2.45) is 0 Å². The number of rotatable bonds is 5. The van der Waals surface area contributed by atoms with Gasteiger partial charge in [-0.05, 0) is 30.2 Å². The van der Waals surface area contributed by atoms with Gasteiger partial charge in [-0.2, -0.15) is 0 Å². The Morgan fingerprint density at radius 1 is 1.03 bits per heavy atom. The van der Waals surface area contributed by atoms with Gasteiger partial charge < -0.3 is 19.4 Å². The van der Waals surface area contributed by atoms with E-state index in [0.29, 0.717) is 18.4 Å². The monoisotopic (exact) mass is 434 g/mol. The van der Waals surface area contributed by atoms with Crippen molar-refractivity contribution in [2.75, 3.05) is 45.2 Å². The Hall–Kier alpha value is -3.69. The smallest absolute Gasteiger partial charge is 0.320 e. The Kier molecular flexibility index (Phi) is 5.34. The zero-order valence-corrected chi connectivity index (χ0v) is 18.2. The van der Waals surface area contributed by atoms with Crippen molar-refractivity contribution in [3.05, 3.63) is 54.1 Å². The van der Waals surface area contributed by atoms with Crippen molar-refractivity contribution >= 4 is 17.7 Å². The van der Waals surface area contributed by atoms with E-state index < -0.39 is 0 Å². The molecule has 0 unspecified atom stereocenters. The maximum Gasteiger partial charge on any atom is 0.320 e. The number of likely N-dealkylation sites (tertiary alicyclic amines) is 2. The summed E-state index contributed by atoms with van der Waals surface area (Å²) in [4.78, 5) is 27.6. The predicted octanol–water partition coefficient (Wildman–Crippen LogP) is 2.38. The molecule has 0 radical (unpaired) electrons. The van der Waals surface area contributed by atoms with E-state index in [1.807, 2.05) is 46.1 Å². The summed E-state index contributed by atoms with van der Waals surface area (Å²) in [6.45, 7) is 2.93. The summed E-state index contributed by atoms with van der Waals surface area (Å²) in [5.74, 6) is 2.94. The molecule has 0 aliphatic carbocycles. The van der Waals surface area contributed by atoms with Crippen LogP contribution in [0, 0.1) is 0 Å². The average Bonchev–Trinajstić information content (AvgIpc) is 3.50. The van der Waals surface area contributed by atoms with Crippen LogP contribution in [0.1, 0.15) is 29.5 Å². The first-order valence-corrected chi connectivity index (χ1v) is 10.7. The normalized spacial score (nSPS) is 18.5. The molecule has 0 spiro atoms. The van der Waals surface area contributed by atoms with Gasteiger partial charge in [-0.15, -0.1) is 5.10 Å². The van der Waals surface area contributed by atoms with Gasteiger partial charge in [-0.25, -0.2) is 14.8 Å². The molecule has 0 bridgehead atoms. The van der Waals surface area contributed by atoms with Crippen molar-refractivity contribution in [3.63, 3.8) is 0 Å². The van der Waals surface area contributed by atoms with E-state index in [1.54, 1.807) is 19.5 Å². The molecule has 3 aromatic rings. The molecule has 2 fully saturated rings. The second-order valence-corrected chi connectivity index (χ2v) is 8.29. The fraction of sp³-hybridized carbons (Fsp3) is 0.409.